The van der Waals surface area contributed by atoms with Crippen LogP contribution in [-0.4, -0.2) is 5.91 Å². The highest BCUT2D eigenvalue weighted by Crippen LogP contribution is 2.23. The van der Waals surface area contributed by atoms with Crippen LogP contribution in [0.15, 0.2) is 48.0 Å². The van der Waals surface area contributed by atoms with Crippen molar-refractivity contribution in [2.75, 3.05) is 5.32 Å². The van der Waals surface area contributed by atoms with E-state index < -0.39 is 5.91 Å². The van der Waals surface area contributed by atoms with E-state index in [1.165, 1.54) is 5.56 Å². The second kappa shape index (κ2) is 7.36. The predicted octanol–water partition coefficient (Wildman–Crippen LogP) is 5.15. The fourth-order valence-electron chi connectivity index (χ4n) is 2.47. The Labute approximate surface area is 150 Å². The van der Waals surface area contributed by atoms with Gasteiger partial charge in [-0.05, 0) is 53.7 Å². The molecule has 0 unspecified atom stereocenters. The number of nitriles is 1. The van der Waals surface area contributed by atoms with Crippen LogP contribution in [0.2, 0.25) is 0 Å². The van der Waals surface area contributed by atoms with Crippen molar-refractivity contribution < 1.29 is 4.79 Å². The second-order valence-electron chi connectivity index (χ2n) is 7.24. The first-order valence-corrected chi connectivity index (χ1v) is 8.32. The van der Waals surface area contributed by atoms with Gasteiger partial charge in [0.25, 0.3) is 5.91 Å². The molecule has 3 nitrogen and oxygen atoms in total. The smallest absolute Gasteiger partial charge is 0.266 e. The highest BCUT2D eigenvalue weighted by molar-refractivity contribution is 6.10. The van der Waals surface area contributed by atoms with E-state index in [-0.39, 0.29) is 11.0 Å². The zero-order valence-corrected chi connectivity index (χ0v) is 15.5. The van der Waals surface area contributed by atoms with Crippen molar-refractivity contribution in [3.63, 3.8) is 0 Å². The van der Waals surface area contributed by atoms with Gasteiger partial charge in [-0.2, -0.15) is 5.26 Å². The van der Waals surface area contributed by atoms with Crippen molar-refractivity contribution in [3.8, 4) is 6.07 Å². The summed E-state index contributed by atoms with van der Waals surface area (Å²) in [5.41, 5.74) is 5.03. The maximum atomic E-state index is 12.4. The van der Waals surface area contributed by atoms with Crippen molar-refractivity contribution in [1.82, 2.24) is 0 Å². The number of amides is 1. The van der Waals surface area contributed by atoms with Crippen LogP contribution in [0.3, 0.4) is 0 Å². The number of aryl methyl sites for hydroxylation is 1. The molecule has 25 heavy (non-hydrogen) atoms. The molecule has 0 aromatic heterocycles. The SMILES string of the molecule is Cc1cccc(NC(=O)/C(C#N)=C/c2ccc(C(C)(C)C)cc2)c1C. The lowest BCUT2D eigenvalue weighted by Gasteiger charge is -2.18. The molecule has 0 bridgehead atoms. The van der Waals surface area contributed by atoms with E-state index in [0.717, 1.165) is 22.4 Å². The lowest BCUT2D eigenvalue weighted by molar-refractivity contribution is -0.112. The number of benzene rings is 2. The molecule has 3 heteroatoms. The highest BCUT2D eigenvalue weighted by Gasteiger charge is 2.14. The molecule has 0 radical (unpaired) electrons. The summed E-state index contributed by atoms with van der Waals surface area (Å²) in [6.45, 7) is 10.4. The minimum absolute atomic E-state index is 0.0698. The molecule has 128 valence electrons. The molecule has 0 saturated heterocycles. The van der Waals surface area contributed by atoms with Crippen molar-refractivity contribution in [1.29, 1.82) is 5.26 Å². The first kappa shape index (κ1) is 18.5. The van der Waals surface area contributed by atoms with E-state index >= 15 is 0 Å². The zero-order chi connectivity index (χ0) is 18.6. The Morgan fingerprint density at radius 2 is 1.72 bits per heavy atom. The molecule has 0 aliphatic heterocycles. The average Bonchev–Trinajstić information content (AvgIpc) is 2.56. The summed E-state index contributed by atoms with van der Waals surface area (Å²) in [6, 6.07) is 15.6. The van der Waals surface area contributed by atoms with E-state index in [1.54, 1.807) is 6.08 Å². The summed E-state index contributed by atoms with van der Waals surface area (Å²) in [6.07, 6.45) is 1.62. The molecular formula is C22H24N2O. The van der Waals surface area contributed by atoms with Gasteiger partial charge in [-0.3, -0.25) is 4.79 Å². The van der Waals surface area contributed by atoms with Crippen molar-refractivity contribution in [2.45, 2.75) is 40.0 Å². The number of hydrogen-bond donors (Lipinski definition) is 1. The molecule has 0 fully saturated rings. The summed E-state index contributed by atoms with van der Waals surface area (Å²) >= 11 is 0. The molecule has 1 N–H and O–H groups in total. The zero-order valence-electron chi connectivity index (χ0n) is 15.5. The Bertz CT molecular complexity index is 847. The Morgan fingerprint density at radius 3 is 2.28 bits per heavy atom. The monoisotopic (exact) mass is 332 g/mol. The van der Waals surface area contributed by atoms with Gasteiger partial charge in [-0.15, -0.1) is 0 Å². The Morgan fingerprint density at radius 1 is 1.08 bits per heavy atom. The number of nitrogens with one attached hydrogen (secondary N) is 1. The Hall–Kier alpha value is -2.86. The maximum Gasteiger partial charge on any atom is 0.266 e. The van der Waals surface area contributed by atoms with Crippen LogP contribution >= 0.6 is 0 Å². The molecule has 0 saturated carbocycles. The average molecular weight is 332 g/mol. The fraction of sp³-hybridized carbons (Fsp3) is 0.273. The minimum Gasteiger partial charge on any atom is -0.321 e. The number of carbonyl (C=O) groups is 1. The summed E-state index contributed by atoms with van der Waals surface area (Å²) in [5.74, 6) is -0.393. The summed E-state index contributed by atoms with van der Waals surface area (Å²) < 4.78 is 0. The molecule has 2 rings (SSSR count). The third-order valence-electron chi connectivity index (χ3n) is 4.31. The summed E-state index contributed by atoms with van der Waals surface area (Å²) in [7, 11) is 0. The van der Waals surface area contributed by atoms with E-state index in [0.29, 0.717) is 0 Å². The third-order valence-corrected chi connectivity index (χ3v) is 4.31. The van der Waals surface area contributed by atoms with E-state index in [1.807, 2.05) is 62.4 Å². The van der Waals surface area contributed by atoms with Crippen molar-refractivity contribution in [2.24, 2.45) is 0 Å². The molecule has 0 spiro atoms. The summed E-state index contributed by atoms with van der Waals surface area (Å²) in [4.78, 5) is 12.4. The van der Waals surface area contributed by atoms with E-state index in [9.17, 15) is 10.1 Å². The van der Waals surface area contributed by atoms with Crippen molar-refractivity contribution >= 4 is 17.7 Å². The van der Waals surface area contributed by atoms with E-state index in [4.69, 9.17) is 0 Å². The van der Waals surface area contributed by atoms with Gasteiger partial charge >= 0.3 is 0 Å². The number of carbonyl (C=O) groups excluding carboxylic acids is 1. The molecule has 2 aromatic rings. The van der Waals surface area contributed by atoms with Crippen LogP contribution in [-0.2, 0) is 10.2 Å². The number of nitrogens with zero attached hydrogens (tertiary/aromatic N) is 1. The third kappa shape index (κ3) is 4.58. The van der Waals surface area contributed by atoms with Crippen LogP contribution in [0.25, 0.3) is 6.08 Å². The minimum atomic E-state index is -0.393. The largest absolute Gasteiger partial charge is 0.321 e. The quantitative estimate of drug-likeness (QED) is 0.624. The lowest BCUT2D eigenvalue weighted by Crippen LogP contribution is -2.14. The molecule has 0 atom stereocenters. The van der Waals surface area contributed by atoms with Crippen LogP contribution < -0.4 is 5.32 Å². The van der Waals surface area contributed by atoms with Gasteiger partial charge in [0.1, 0.15) is 11.6 Å². The molecule has 1 amide bonds. The standard InChI is InChI=1S/C22H24N2O/c1-15-7-6-8-20(16(15)2)24-21(25)18(14-23)13-17-9-11-19(12-10-17)22(3,4)5/h6-13H,1-5H3,(H,24,25)/b18-13+. The highest BCUT2D eigenvalue weighted by atomic mass is 16.1. The molecule has 2 aromatic carbocycles. The first-order chi connectivity index (χ1) is 11.7. The predicted molar refractivity (Wildman–Crippen MR) is 103 cm³/mol. The summed E-state index contributed by atoms with van der Waals surface area (Å²) in [5, 5.41) is 12.2. The lowest BCUT2D eigenvalue weighted by atomic mass is 9.86. The molecular weight excluding hydrogens is 308 g/mol. The van der Waals surface area contributed by atoms with Gasteiger partial charge in [0.15, 0.2) is 0 Å². The van der Waals surface area contributed by atoms with Crippen LogP contribution in [0, 0.1) is 25.2 Å². The van der Waals surface area contributed by atoms with Gasteiger partial charge in [0, 0.05) is 5.69 Å². The molecule has 0 aliphatic rings. The van der Waals surface area contributed by atoms with Gasteiger partial charge < -0.3 is 5.32 Å². The first-order valence-electron chi connectivity index (χ1n) is 8.32. The van der Waals surface area contributed by atoms with Gasteiger partial charge in [0.2, 0.25) is 0 Å². The molecule has 0 aliphatic carbocycles. The van der Waals surface area contributed by atoms with Crippen molar-refractivity contribution in [3.05, 3.63) is 70.3 Å². The van der Waals surface area contributed by atoms with E-state index in [2.05, 4.69) is 26.1 Å². The molecule has 0 heterocycles. The Balaban J connectivity index is 2.24. The van der Waals surface area contributed by atoms with Gasteiger partial charge in [0.05, 0.1) is 0 Å². The van der Waals surface area contributed by atoms with Crippen LogP contribution in [0.4, 0.5) is 5.69 Å². The van der Waals surface area contributed by atoms with Crippen LogP contribution in [0.5, 0.6) is 0 Å². The second-order valence-corrected chi connectivity index (χ2v) is 7.24. The topological polar surface area (TPSA) is 52.9 Å². The number of rotatable bonds is 3. The number of hydrogen-bond acceptors (Lipinski definition) is 2. The Kier molecular flexibility index (Phi) is 5.44. The van der Waals surface area contributed by atoms with Gasteiger partial charge in [-0.1, -0.05) is 57.2 Å². The van der Waals surface area contributed by atoms with Crippen LogP contribution in [0.1, 0.15) is 43.0 Å². The van der Waals surface area contributed by atoms with Gasteiger partial charge in [-0.25, -0.2) is 0 Å². The number of anilines is 1. The maximum absolute atomic E-state index is 12.4. The normalized spacial score (nSPS) is 11.8. The fourth-order valence-corrected chi connectivity index (χ4v) is 2.47.